The Kier molecular flexibility index (Phi) is 54.9. The van der Waals surface area contributed by atoms with Gasteiger partial charge in [-0.25, -0.2) is 0 Å². The average Bonchev–Trinajstić information content (AvgIpc) is 3.30. The molecule has 0 fully saturated rings. The molecule has 388 valence electrons. The minimum atomic E-state index is -0.926. The Balaban J connectivity index is 3.51. The third kappa shape index (κ3) is 52.3. The fraction of sp³-hybridized carbons (Fsp3) is 0.950. The van der Waals surface area contributed by atoms with Crippen LogP contribution in [0.25, 0.3) is 0 Å². The van der Waals surface area contributed by atoms with Gasteiger partial charge in [0.15, 0.2) is 0 Å². The molecule has 0 aromatic heterocycles. The van der Waals surface area contributed by atoms with E-state index in [1.54, 1.807) is 6.08 Å². The maximum atomic E-state index is 12.5. The van der Waals surface area contributed by atoms with Crippen LogP contribution < -0.4 is 5.32 Å². The summed E-state index contributed by atoms with van der Waals surface area (Å²) in [6, 6.07) is -0.741. The highest BCUT2D eigenvalue weighted by molar-refractivity contribution is 5.76. The first-order valence-electron chi connectivity index (χ1n) is 30.0. The smallest absolute Gasteiger partial charge is 0.222 e. The van der Waals surface area contributed by atoms with Crippen LogP contribution in [0, 0.1) is 0 Å². The summed E-state index contributed by atoms with van der Waals surface area (Å²) < 4.78 is 0. The standard InChI is InChI=1S/C60H119NO4/c1-3-5-7-9-11-13-15-17-19-21-23-25-27-28-29-30-32-33-35-37-39-41-43-45-47-49-51-53-57(63)55-60(65)61-58(56-62)59(64)54-52-50-48-46-44-42-40-38-36-34-31-26-24-22-20-18-16-14-12-10-8-6-4-2/h52,54,57-59,62-64H,3-51,53,55-56H2,1-2H3,(H,61,65)/b54-52+. The number of aliphatic hydroxyl groups is 3. The zero-order valence-electron chi connectivity index (χ0n) is 44.4. The first kappa shape index (κ1) is 64.1. The lowest BCUT2D eigenvalue weighted by Crippen LogP contribution is -2.45. The van der Waals surface area contributed by atoms with Crippen LogP contribution in [0.4, 0.5) is 0 Å². The van der Waals surface area contributed by atoms with Gasteiger partial charge in [0.05, 0.1) is 31.3 Å². The average molecular weight is 919 g/mol. The van der Waals surface area contributed by atoms with Crippen molar-refractivity contribution < 1.29 is 20.1 Å². The molecule has 5 heteroatoms. The van der Waals surface area contributed by atoms with Crippen LogP contribution in [-0.2, 0) is 4.79 Å². The Bertz CT molecular complexity index is 925. The third-order valence-corrected chi connectivity index (χ3v) is 14.3. The highest BCUT2D eigenvalue weighted by Gasteiger charge is 2.20. The van der Waals surface area contributed by atoms with E-state index in [-0.39, 0.29) is 18.9 Å². The lowest BCUT2D eigenvalue weighted by Gasteiger charge is -2.21. The van der Waals surface area contributed by atoms with Gasteiger partial charge in [-0.3, -0.25) is 4.79 Å². The highest BCUT2D eigenvalue weighted by atomic mass is 16.3. The molecule has 0 saturated heterocycles. The summed E-state index contributed by atoms with van der Waals surface area (Å²) in [6.45, 7) is 4.26. The SMILES string of the molecule is CCCCCCCCCCCCCCCCCCCCCCC/C=C/C(O)C(CO)NC(=O)CC(O)CCCCCCCCCCCCCCCCCCCCCCCCCCCCC. The molecule has 65 heavy (non-hydrogen) atoms. The quantitative estimate of drug-likeness (QED) is 0.0361. The zero-order chi connectivity index (χ0) is 47.2. The maximum absolute atomic E-state index is 12.5. The summed E-state index contributed by atoms with van der Waals surface area (Å²) in [4.78, 5) is 12.5. The molecule has 0 aliphatic heterocycles. The minimum absolute atomic E-state index is 0.0197. The molecule has 0 aliphatic carbocycles. The van der Waals surface area contributed by atoms with Crippen molar-refractivity contribution in [3.8, 4) is 0 Å². The number of carbonyl (C=O) groups excluding carboxylic acids is 1. The summed E-state index contributed by atoms with van der Waals surface area (Å²) in [7, 11) is 0. The molecule has 0 spiro atoms. The van der Waals surface area contributed by atoms with E-state index in [4.69, 9.17) is 0 Å². The van der Waals surface area contributed by atoms with Gasteiger partial charge in [-0.1, -0.05) is 328 Å². The number of amides is 1. The van der Waals surface area contributed by atoms with Crippen LogP contribution in [-0.4, -0.2) is 46.1 Å². The summed E-state index contributed by atoms with van der Waals surface area (Å²) >= 11 is 0. The van der Waals surface area contributed by atoms with Gasteiger partial charge in [0.25, 0.3) is 0 Å². The molecular formula is C60H119NO4. The Labute approximate surface area is 408 Å². The first-order chi connectivity index (χ1) is 32.0. The van der Waals surface area contributed by atoms with Crippen LogP contribution in [0.3, 0.4) is 0 Å². The predicted molar refractivity (Wildman–Crippen MR) is 287 cm³/mol. The summed E-state index contributed by atoms with van der Waals surface area (Å²) in [6.07, 6.45) is 69.9. The highest BCUT2D eigenvalue weighted by Crippen LogP contribution is 2.19. The summed E-state index contributed by atoms with van der Waals surface area (Å²) in [5.41, 5.74) is 0. The van der Waals surface area contributed by atoms with Gasteiger partial charge in [0.1, 0.15) is 0 Å². The van der Waals surface area contributed by atoms with Crippen molar-refractivity contribution in [1.29, 1.82) is 0 Å². The van der Waals surface area contributed by atoms with E-state index in [9.17, 15) is 20.1 Å². The van der Waals surface area contributed by atoms with Crippen LogP contribution in [0.2, 0.25) is 0 Å². The van der Waals surface area contributed by atoms with Crippen molar-refractivity contribution in [3.05, 3.63) is 12.2 Å². The number of unbranched alkanes of at least 4 members (excludes halogenated alkanes) is 47. The topological polar surface area (TPSA) is 89.8 Å². The fourth-order valence-electron chi connectivity index (χ4n) is 9.76. The molecule has 0 heterocycles. The molecule has 0 aromatic carbocycles. The zero-order valence-corrected chi connectivity index (χ0v) is 44.4. The van der Waals surface area contributed by atoms with Gasteiger partial charge in [0.2, 0.25) is 5.91 Å². The van der Waals surface area contributed by atoms with Gasteiger partial charge < -0.3 is 20.6 Å². The van der Waals surface area contributed by atoms with E-state index in [2.05, 4.69) is 19.2 Å². The van der Waals surface area contributed by atoms with Crippen molar-refractivity contribution >= 4 is 5.91 Å². The van der Waals surface area contributed by atoms with Gasteiger partial charge in [-0.2, -0.15) is 0 Å². The monoisotopic (exact) mass is 918 g/mol. The van der Waals surface area contributed by atoms with Crippen LogP contribution in [0.5, 0.6) is 0 Å². The van der Waals surface area contributed by atoms with Crippen molar-refractivity contribution in [2.45, 2.75) is 360 Å². The molecule has 0 rings (SSSR count). The molecule has 1 amide bonds. The number of hydrogen-bond acceptors (Lipinski definition) is 4. The number of hydrogen-bond donors (Lipinski definition) is 4. The number of rotatable bonds is 56. The van der Waals surface area contributed by atoms with E-state index in [1.807, 2.05) is 6.08 Å². The van der Waals surface area contributed by atoms with Gasteiger partial charge >= 0.3 is 0 Å². The number of allylic oxidation sites excluding steroid dienone is 1. The van der Waals surface area contributed by atoms with Crippen molar-refractivity contribution in [2.24, 2.45) is 0 Å². The van der Waals surface area contributed by atoms with Crippen molar-refractivity contribution in [2.75, 3.05) is 6.61 Å². The maximum Gasteiger partial charge on any atom is 0.222 e. The Morgan fingerprint density at radius 1 is 0.385 bits per heavy atom. The first-order valence-corrected chi connectivity index (χ1v) is 30.0. The van der Waals surface area contributed by atoms with Gasteiger partial charge in [0, 0.05) is 0 Å². The normalized spacial score (nSPS) is 13.2. The van der Waals surface area contributed by atoms with Crippen molar-refractivity contribution in [1.82, 2.24) is 5.32 Å². The third-order valence-electron chi connectivity index (χ3n) is 14.3. The number of carbonyl (C=O) groups is 1. The molecule has 3 unspecified atom stereocenters. The second kappa shape index (κ2) is 55.7. The van der Waals surface area contributed by atoms with Crippen LogP contribution >= 0.6 is 0 Å². The lowest BCUT2D eigenvalue weighted by atomic mass is 10.0. The van der Waals surface area contributed by atoms with Crippen LogP contribution in [0.1, 0.15) is 341 Å². The minimum Gasteiger partial charge on any atom is -0.394 e. The summed E-state index contributed by atoms with van der Waals surface area (Å²) in [5, 5.41) is 33.5. The van der Waals surface area contributed by atoms with Gasteiger partial charge in [-0.05, 0) is 19.3 Å². The largest absolute Gasteiger partial charge is 0.394 e. The lowest BCUT2D eigenvalue weighted by molar-refractivity contribution is -0.124. The summed E-state index contributed by atoms with van der Waals surface area (Å²) in [5.74, 6) is -0.307. The second-order valence-electron chi connectivity index (χ2n) is 21.0. The molecule has 3 atom stereocenters. The molecule has 0 aromatic rings. The fourth-order valence-corrected chi connectivity index (χ4v) is 9.76. The Morgan fingerprint density at radius 3 is 0.892 bits per heavy atom. The van der Waals surface area contributed by atoms with E-state index >= 15 is 0 Å². The molecule has 0 aliphatic rings. The predicted octanol–water partition coefficient (Wildman–Crippen LogP) is 18.7. The van der Waals surface area contributed by atoms with Crippen LogP contribution in [0.15, 0.2) is 12.2 Å². The van der Waals surface area contributed by atoms with E-state index < -0.39 is 18.2 Å². The molecule has 4 N–H and O–H groups in total. The molecular weight excluding hydrogens is 799 g/mol. The molecule has 0 bridgehead atoms. The second-order valence-corrected chi connectivity index (χ2v) is 21.0. The molecule has 5 nitrogen and oxygen atoms in total. The molecule has 0 saturated carbocycles. The Morgan fingerprint density at radius 2 is 0.631 bits per heavy atom. The van der Waals surface area contributed by atoms with E-state index in [0.29, 0.717) is 6.42 Å². The van der Waals surface area contributed by atoms with E-state index in [1.165, 1.54) is 289 Å². The number of aliphatic hydroxyl groups excluding tert-OH is 3. The Hall–Kier alpha value is -0.910. The van der Waals surface area contributed by atoms with Crippen molar-refractivity contribution in [3.63, 3.8) is 0 Å². The van der Waals surface area contributed by atoms with Gasteiger partial charge in [-0.15, -0.1) is 0 Å². The molecule has 0 radical (unpaired) electrons. The number of nitrogens with one attached hydrogen (secondary N) is 1. The van der Waals surface area contributed by atoms with E-state index in [0.717, 1.165) is 25.7 Å².